The lowest BCUT2D eigenvalue weighted by molar-refractivity contribution is -0.139. The van der Waals surface area contributed by atoms with Crippen LogP contribution >= 0.6 is 0 Å². The number of aryl methyl sites for hydroxylation is 5. The van der Waals surface area contributed by atoms with E-state index < -0.39 is 129 Å². The number of nitrogens with zero attached hydrogens (tertiary/aromatic N) is 5. The Morgan fingerprint density at radius 1 is 0.397 bits per heavy atom. The van der Waals surface area contributed by atoms with Crippen LogP contribution in [-0.4, -0.2) is 244 Å². The average molecular weight is 2100 g/mol. The Kier molecular flexibility index (Phi) is 39.8. The van der Waals surface area contributed by atoms with Crippen molar-refractivity contribution in [3.63, 3.8) is 0 Å². The summed E-state index contributed by atoms with van der Waals surface area (Å²) >= 11 is 0. The minimum atomic E-state index is -4.06. The third-order valence-corrected chi connectivity index (χ3v) is 32.4. The highest BCUT2D eigenvalue weighted by molar-refractivity contribution is 7.90. The molecular formula is C107H147N13O22S4. The van der Waals surface area contributed by atoms with E-state index in [0.717, 1.165) is 87.0 Å². The zero-order valence-corrected chi connectivity index (χ0v) is 90.6. The fraction of sp³-hybridized carbons (Fsp3) is 0.477. The van der Waals surface area contributed by atoms with Crippen LogP contribution in [0.5, 0.6) is 23.0 Å². The smallest absolute Gasteiger partial charge is 0.326 e. The van der Waals surface area contributed by atoms with Crippen molar-refractivity contribution in [2.75, 3.05) is 66.5 Å². The molecule has 0 spiro atoms. The normalized spacial score (nSPS) is 19.1. The lowest BCUT2D eigenvalue weighted by Crippen LogP contribution is -2.53. The number of carbonyl (C=O) groups is 5. The molecule has 0 aliphatic carbocycles. The highest BCUT2D eigenvalue weighted by atomic mass is 32.2. The molecule has 0 radical (unpaired) electrons. The van der Waals surface area contributed by atoms with Crippen LogP contribution in [0.3, 0.4) is 0 Å². The molecule has 5 heterocycles. The number of sulfonamides is 4. The van der Waals surface area contributed by atoms with Crippen molar-refractivity contribution in [2.24, 2.45) is 7.05 Å². The van der Waals surface area contributed by atoms with E-state index in [-0.39, 0.29) is 54.9 Å². The summed E-state index contributed by atoms with van der Waals surface area (Å²) < 4.78 is 142. The van der Waals surface area contributed by atoms with E-state index in [9.17, 15) is 83.2 Å². The molecule has 9 aromatic rings. The highest BCUT2D eigenvalue weighted by Gasteiger charge is 2.50. The number of aromatic nitrogens is 2. The van der Waals surface area contributed by atoms with E-state index in [1.54, 1.807) is 207 Å². The van der Waals surface area contributed by atoms with Gasteiger partial charge in [0.05, 0.1) is 50.1 Å². The maximum absolute atomic E-state index is 13.3. The largest absolute Gasteiger partial charge is 0.485 e. The number of fused-ring (bicyclic) bond motifs is 4. The Bertz CT molecular complexity index is 6470. The number of unbranched alkanes of at least 4 members (excludes halogenated alkanes) is 1. The van der Waals surface area contributed by atoms with Gasteiger partial charge in [-0.2, -0.15) is 0 Å². The molecule has 9 atom stereocenters. The molecule has 8 aromatic carbocycles. The van der Waals surface area contributed by atoms with Gasteiger partial charge in [0.2, 0.25) is 40.1 Å². The van der Waals surface area contributed by atoms with Crippen LogP contribution in [0.15, 0.2) is 202 Å². The Hall–Kier alpha value is -11.1. The number of ether oxygens (including phenoxy) is 4. The summed E-state index contributed by atoms with van der Waals surface area (Å²) in [5.74, 6) is -1.12. The third kappa shape index (κ3) is 29.7. The first kappa shape index (κ1) is 117. The molecule has 1 aromatic heterocycles. The quantitative estimate of drug-likeness (QED) is 0.0159. The number of imidazole rings is 1. The number of aliphatic hydroxyl groups is 4. The van der Waals surface area contributed by atoms with Gasteiger partial charge in [0.25, 0.3) is 23.6 Å². The molecule has 13 rings (SSSR count). The second kappa shape index (κ2) is 49.8. The van der Waals surface area contributed by atoms with Crippen molar-refractivity contribution < 1.29 is 102 Å². The number of likely N-dealkylation sites (N-methyl/N-ethyl adjacent to an activating group) is 1. The van der Waals surface area contributed by atoms with E-state index in [1.807, 2.05) is 41.8 Å². The summed E-state index contributed by atoms with van der Waals surface area (Å²) in [5, 5.41) is 65.3. The van der Waals surface area contributed by atoms with Gasteiger partial charge in [-0.15, -0.1) is 0 Å². The summed E-state index contributed by atoms with van der Waals surface area (Å²) in [4.78, 5) is 74.4. The van der Waals surface area contributed by atoms with Gasteiger partial charge in [0, 0.05) is 115 Å². The molecule has 13 N–H and O–H groups in total. The Morgan fingerprint density at radius 3 is 0.932 bits per heavy atom. The van der Waals surface area contributed by atoms with Crippen LogP contribution in [0.2, 0.25) is 0 Å². The first-order valence-corrected chi connectivity index (χ1v) is 55.4. The van der Waals surface area contributed by atoms with Crippen molar-refractivity contribution in [1.82, 2.24) is 64.4 Å². The number of carbonyl (C=O) groups excluding carboxylic acids is 4. The van der Waals surface area contributed by atoms with E-state index in [1.165, 1.54) is 42.9 Å². The number of nitrogens with one attached hydrogen (secondary N) is 8. The third-order valence-electron chi connectivity index (χ3n) is 26.6. The molecule has 39 heteroatoms. The van der Waals surface area contributed by atoms with Gasteiger partial charge in [-0.1, -0.05) is 90.1 Å². The maximum Gasteiger partial charge on any atom is 0.326 e. The zero-order valence-electron chi connectivity index (χ0n) is 87.3. The van der Waals surface area contributed by atoms with Crippen molar-refractivity contribution in [3.05, 3.63) is 255 Å². The predicted octanol–water partition coefficient (Wildman–Crippen LogP) is 11.4. The molecule has 0 fully saturated rings. The lowest BCUT2D eigenvalue weighted by atomic mass is 9.86. The van der Waals surface area contributed by atoms with Crippen molar-refractivity contribution in [3.8, 4) is 23.0 Å². The number of aliphatic carboxylic acids is 1. The van der Waals surface area contributed by atoms with E-state index >= 15 is 0 Å². The summed E-state index contributed by atoms with van der Waals surface area (Å²) in [6.07, 6.45) is 3.19. The van der Waals surface area contributed by atoms with Gasteiger partial charge < -0.3 is 80.1 Å². The van der Waals surface area contributed by atoms with Crippen LogP contribution < -0.4 is 59.1 Å². The minimum Gasteiger partial charge on any atom is -0.485 e. The van der Waals surface area contributed by atoms with Gasteiger partial charge in [-0.05, 0) is 299 Å². The second-order valence-corrected chi connectivity index (χ2v) is 46.6. The fourth-order valence-corrected chi connectivity index (χ4v) is 22.3. The highest BCUT2D eigenvalue weighted by Crippen LogP contribution is 2.46. The number of carboxylic acid groups (broad SMARTS) is 1. The minimum absolute atomic E-state index is 0.0117. The summed E-state index contributed by atoms with van der Waals surface area (Å²) in [5.41, 5.74) is 3.10. The topological polar surface area (TPSA) is 484 Å². The van der Waals surface area contributed by atoms with Crippen LogP contribution in [0.1, 0.15) is 253 Å². The predicted molar refractivity (Wildman–Crippen MR) is 560 cm³/mol. The zero-order chi connectivity index (χ0) is 108. The van der Waals surface area contributed by atoms with Crippen LogP contribution in [0, 0.1) is 0 Å². The Balaban J connectivity index is 0.000000200. The van der Waals surface area contributed by atoms with Crippen molar-refractivity contribution >= 4 is 69.7 Å². The molecule has 0 saturated heterocycles. The molecule has 4 aliphatic rings. The lowest BCUT2D eigenvalue weighted by Gasteiger charge is -2.42. The van der Waals surface area contributed by atoms with Crippen LogP contribution in [0.4, 0.5) is 0 Å². The molecule has 0 saturated carbocycles. The van der Waals surface area contributed by atoms with Crippen molar-refractivity contribution in [1.29, 1.82) is 0 Å². The maximum atomic E-state index is 13.3. The van der Waals surface area contributed by atoms with Gasteiger partial charge in [-0.25, -0.2) is 62.3 Å². The number of carboxylic acids is 1. The second-order valence-electron chi connectivity index (χ2n) is 39.8. The first-order chi connectivity index (χ1) is 68.5. The standard InChI is InChI=1S/C28H41N3O5S.C27H32N4O7S.2C26H37N3O5S/c1-8-20-9-12-22(13-10-20)37(34,35)30-25-23-17-21(11-14-24(23)36-28(6,7)26(25)32)27(33)29-15-16-31(18(2)3)19(4)5;1-5-16-6-9-19(10-7-16)39(36,37)30-23-20-12-17(8-11-22(20)38-27(2,3)24(23)32)25(33)29-21(26(34)35)13-18-14-28-15-31(18)4;1-6-18-9-12-20(13-10-18)35(32,33)28-23-21-17-19(25(31)27-15-7-8-16-29(4)5)11-14-22(21)34-26(2,3)24(23)30;1-6-18-9-12-20(13-10-18)35(32,33)28-23-21-17-19(25(31)27-15-16-29(7-2)8-3)11-14-22(21)34-26(4,5)24(23)30/h9-14,17-19,25-26,30,32H,8,15-16H2,1-7H3,(H,29,33);6-12,14-15,21,23-24,30,32H,5,13H2,1-4H3,(H,29,33)(H,34,35);2*9-14,17,23-24,28,30H,6-8,15-16H2,1-5H3,(H,27,31)/t25-,26+;21-,23-,24+;2*23-,24+/m1111/s1. The summed E-state index contributed by atoms with van der Waals surface area (Å²) in [6.45, 7) is 39.8. The number of hydrogen-bond donors (Lipinski definition) is 13. The number of rotatable bonds is 39. The molecule has 35 nitrogen and oxygen atoms in total. The molecule has 0 bridgehead atoms. The van der Waals surface area contributed by atoms with Gasteiger partial charge in [-0.3, -0.25) is 24.1 Å². The molecule has 0 unspecified atom stereocenters. The number of amides is 4. The molecule has 796 valence electrons. The molecule has 4 amide bonds. The van der Waals surface area contributed by atoms with E-state index in [2.05, 4.69) is 101 Å². The van der Waals surface area contributed by atoms with Gasteiger partial charge in [0.15, 0.2) is 0 Å². The summed E-state index contributed by atoms with van der Waals surface area (Å²) in [7, 11) is -10.2. The average Bonchev–Trinajstić information content (AvgIpc) is 0.801. The molecule has 4 aliphatic heterocycles. The molecule has 146 heavy (non-hydrogen) atoms. The van der Waals surface area contributed by atoms with Crippen LogP contribution in [-0.2, 0) is 84.0 Å². The van der Waals surface area contributed by atoms with Gasteiger partial charge in [0.1, 0.15) is 75.9 Å². The first-order valence-electron chi connectivity index (χ1n) is 49.5. The monoisotopic (exact) mass is 2090 g/mol. The SMILES string of the molecule is CCc1ccc(S(=O)(=O)N[C@@H]2c3cc(C(=O)NCCCCN(C)C)ccc3OC(C)(C)[C@H]2O)cc1.CCc1ccc(S(=O)(=O)N[C@@H]2c3cc(C(=O)NCCN(C(C)C)C(C)C)ccc3OC(C)(C)[C@H]2O)cc1.CCc1ccc(S(=O)(=O)N[C@@H]2c3cc(C(=O)NCCN(CC)CC)ccc3OC(C)(C)[C@H]2O)cc1.CCc1ccc(S(=O)(=O)N[C@@H]2c3cc(C(=O)N[C@H](Cc4cncn4C)C(=O)O)ccc3OC(C)(C)[C@H]2O)cc1. The summed E-state index contributed by atoms with van der Waals surface area (Å²) in [6, 6.07) is 40.8. The number of hydrogen-bond acceptors (Lipinski definition) is 25. The fourth-order valence-electron chi connectivity index (χ4n) is 17.4. The van der Waals surface area contributed by atoms with E-state index in [4.69, 9.17) is 18.9 Å². The van der Waals surface area contributed by atoms with Gasteiger partial charge >= 0.3 is 5.97 Å². The van der Waals surface area contributed by atoms with E-state index in [0.29, 0.717) is 100 Å². The Labute approximate surface area is 860 Å². The Morgan fingerprint density at radius 2 is 0.678 bits per heavy atom. The number of aliphatic hydroxyl groups excluding tert-OH is 4. The van der Waals surface area contributed by atoms with Crippen LogP contribution in [0.25, 0.3) is 0 Å². The number of benzene rings is 8. The van der Waals surface area contributed by atoms with Crippen molar-refractivity contribution in [2.45, 2.75) is 278 Å². The molecular weight excluding hydrogens is 1950 g/mol.